The van der Waals surface area contributed by atoms with Gasteiger partial charge >= 0.3 is 17.9 Å². The van der Waals surface area contributed by atoms with Gasteiger partial charge in [-0.2, -0.15) is 0 Å². The molecule has 1 aromatic rings. The molecule has 1 aliphatic rings. The normalized spacial score (nSPS) is 22.0. The Labute approximate surface area is 234 Å². The largest absolute Gasteiger partial charge is 0.468 e. The van der Waals surface area contributed by atoms with E-state index in [-0.39, 0.29) is 35.3 Å². The lowest BCUT2D eigenvalue weighted by Gasteiger charge is -2.42. The molecule has 2 rings (SSSR count). The molecule has 9 heteroatoms. The van der Waals surface area contributed by atoms with Crippen molar-refractivity contribution in [2.45, 2.75) is 97.9 Å². The van der Waals surface area contributed by atoms with Crippen molar-refractivity contribution in [3.8, 4) is 0 Å². The standard InChI is InChI=1S/C30H48O8Si/c1-19(2)22-15-14-20(3)13-12-16-30(27(32)35-8,28(33)36-9)18-21-17-23(26(31)34-7)24(37-21)25(22)38-39(10,11)29(4,5)6/h13,17,19,22,25H,12,14-16,18H2,1-11H3/b20-13+/t22-,25+/m0/s1. The molecule has 2 bridgehead atoms. The van der Waals surface area contributed by atoms with E-state index in [2.05, 4.69) is 60.7 Å². The number of rotatable bonds is 6. The van der Waals surface area contributed by atoms with Crippen LogP contribution in [-0.4, -0.2) is 47.6 Å². The summed E-state index contributed by atoms with van der Waals surface area (Å²) in [5.41, 5.74) is -0.235. The predicted molar refractivity (Wildman–Crippen MR) is 152 cm³/mol. The van der Waals surface area contributed by atoms with E-state index in [1.54, 1.807) is 6.07 Å². The van der Waals surface area contributed by atoms with Gasteiger partial charge in [0.1, 0.15) is 23.2 Å². The number of fused-ring (bicyclic) bond motifs is 2. The first-order valence-electron chi connectivity index (χ1n) is 13.8. The number of methoxy groups -OCH3 is 3. The van der Waals surface area contributed by atoms with Crippen molar-refractivity contribution in [2.75, 3.05) is 21.3 Å². The quantitative estimate of drug-likeness (QED) is 0.122. The Hall–Kier alpha value is -2.39. The molecule has 0 aliphatic carbocycles. The average molecular weight is 565 g/mol. The summed E-state index contributed by atoms with van der Waals surface area (Å²) in [6.45, 7) is 17.2. The maximum atomic E-state index is 13.2. The zero-order valence-electron chi connectivity index (χ0n) is 25.7. The average Bonchev–Trinajstić information content (AvgIpc) is 3.28. The third-order valence-corrected chi connectivity index (χ3v) is 13.0. The molecule has 0 N–H and O–H groups in total. The fourth-order valence-corrected chi connectivity index (χ4v) is 6.23. The van der Waals surface area contributed by atoms with Crippen molar-refractivity contribution < 1.29 is 37.4 Å². The molecular weight excluding hydrogens is 516 g/mol. The summed E-state index contributed by atoms with van der Waals surface area (Å²) in [5.74, 6) is -1.03. The van der Waals surface area contributed by atoms with Crippen LogP contribution in [0, 0.1) is 17.3 Å². The molecule has 0 saturated heterocycles. The van der Waals surface area contributed by atoms with Crippen LogP contribution in [0.4, 0.5) is 0 Å². The fourth-order valence-electron chi connectivity index (χ4n) is 4.96. The lowest BCUT2D eigenvalue weighted by atomic mass is 9.78. The van der Waals surface area contributed by atoms with E-state index < -0.39 is 37.7 Å². The van der Waals surface area contributed by atoms with Crippen LogP contribution in [0.1, 0.15) is 95.2 Å². The first-order chi connectivity index (χ1) is 18.0. The highest BCUT2D eigenvalue weighted by molar-refractivity contribution is 6.74. The van der Waals surface area contributed by atoms with Crippen LogP contribution in [0.3, 0.4) is 0 Å². The minimum absolute atomic E-state index is 0.0385. The molecule has 2 atom stereocenters. The second-order valence-corrected chi connectivity index (χ2v) is 17.3. The van der Waals surface area contributed by atoms with Crippen molar-refractivity contribution in [3.05, 3.63) is 34.8 Å². The lowest BCUT2D eigenvalue weighted by Crippen LogP contribution is -2.43. The Balaban J connectivity index is 2.88. The predicted octanol–water partition coefficient (Wildman–Crippen LogP) is 6.80. The second kappa shape index (κ2) is 12.9. The Bertz CT molecular complexity index is 1040. The minimum Gasteiger partial charge on any atom is -0.468 e. The summed E-state index contributed by atoms with van der Waals surface area (Å²) in [5, 5.41) is -0.0860. The van der Waals surface area contributed by atoms with Gasteiger partial charge in [-0.25, -0.2) is 4.79 Å². The first-order valence-corrected chi connectivity index (χ1v) is 16.7. The number of allylic oxidation sites excluding steroid dienone is 2. The fraction of sp³-hybridized carbons (Fsp3) is 0.700. The highest BCUT2D eigenvalue weighted by atomic mass is 28.4. The molecule has 0 fully saturated rings. The maximum Gasteiger partial charge on any atom is 0.341 e. The molecule has 39 heavy (non-hydrogen) atoms. The SMILES string of the molecule is COC(=O)c1cc2oc1[C@H](O[Si](C)(C)C(C)(C)C)[C@H](C(C)C)CC/C(C)=C/CCC(C(=O)OC)(C(=O)OC)C2. The van der Waals surface area contributed by atoms with Crippen molar-refractivity contribution in [3.63, 3.8) is 0 Å². The molecule has 2 heterocycles. The number of carbonyl (C=O) groups excluding carboxylic acids is 3. The van der Waals surface area contributed by atoms with E-state index in [1.807, 2.05) is 0 Å². The van der Waals surface area contributed by atoms with Crippen LogP contribution in [0.25, 0.3) is 0 Å². The Kier molecular flexibility index (Phi) is 10.8. The number of furan rings is 1. The van der Waals surface area contributed by atoms with E-state index in [9.17, 15) is 14.4 Å². The molecule has 0 spiro atoms. The van der Waals surface area contributed by atoms with Gasteiger partial charge in [0.2, 0.25) is 0 Å². The van der Waals surface area contributed by atoms with Gasteiger partial charge < -0.3 is 23.1 Å². The topological polar surface area (TPSA) is 101 Å². The molecule has 0 aromatic carbocycles. The molecule has 1 aromatic heterocycles. The van der Waals surface area contributed by atoms with Crippen LogP contribution in [0.15, 0.2) is 22.1 Å². The van der Waals surface area contributed by atoms with E-state index in [1.165, 1.54) is 21.3 Å². The number of carbonyl (C=O) groups is 3. The smallest absolute Gasteiger partial charge is 0.341 e. The second-order valence-electron chi connectivity index (χ2n) is 12.6. The van der Waals surface area contributed by atoms with E-state index in [4.69, 9.17) is 23.1 Å². The molecule has 1 aliphatic heterocycles. The molecule has 0 saturated carbocycles. The summed E-state index contributed by atoms with van der Waals surface area (Å²) in [6, 6.07) is 1.58. The van der Waals surface area contributed by atoms with Crippen LogP contribution in [0.5, 0.6) is 0 Å². The van der Waals surface area contributed by atoms with Crippen molar-refractivity contribution in [1.82, 2.24) is 0 Å². The highest BCUT2D eigenvalue weighted by Crippen LogP contribution is 2.46. The molecule has 8 nitrogen and oxygen atoms in total. The van der Waals surface area contributed by atoms with Gasteiger partial charge in [-0.3, -0.25) is 9.59 Å². The van der Waals surface area contributed by atoms with Gasteiger partial charge in [0.25, 0.3) is 0 Å². The van der Waals surface area contributed by atoms with Crippen LogP contribution in [-0.2, 0) is 34.6 Å². The Morgan fingerprint density at radius 3 is 2.13 bits per heavy atom. The molecule has 0 amide bonds. The van der Waals surface area contributed by atoms with Gasteiger partial charge in [0, 0.05) is 6.42 Å². The summed E-state index contributed by atoms with van der Waals surface area (Å²) in [7, 11) is 1.48. The third-order valence-electron chi connectivity index (χ3n) is 8.51. The molecule has 0 unspecified atom stereocenters. The van der Waals surface area contributed by atoms with Gasteiger partial charge in [0.15, 0.2) is 13.7 Å². The number of hydrogen-bond acceptors (Lipinski definition) is 8. The van der Waals surface area contributed by atoms with E-state index in [0.717, 1.165) is 18.4 Å². The van der Waals surface area contributed by atoms with E-state index in [0.29, 0.717) is 17.9 Å². The van der Waals surface area contributed by atoms with Gasteiger partial charge in [-0.05, 0) is 68.6 Å². The third kappa shape index (κ3) is 7.22. The Morgan fingerprint density at radius 1 is 1.05 bits per heavy atom. The lowest BCUT2D eigenvalue weighted by molar-refractivity contribution is -0.170. The van der Waals surface area contributed by atoms with Gasteiger partial charge in [-0.15, -0.1) is 0 Å². The zero-order chi connectivity index (χ0) is 29.8. The maximum absolute atomic E-state index is 13.2. The number of esters is 3. The van der Waals surface area contributed by atoms with Gasteiger partial charge in [-0.1, -0.05) is 46.3 Å². The summed E-state index contributed by atoms with van der Waals surface area (Å²) in [4.78, 5) is 39.4. The summed E-state index contributed by atoms with van der Waals surface area (Å²) >= 11 is 0. The Morgan fingerprint density at radius 2 is 1.64 bits per heavy atom. The number of hydrogen-bond donors (Lipinski definition) is 0. The first kappa shape index (κ1) is 32.8. The monoisotopic (exact) mass is 564 g/mol. The minimum atomic E-state index is -2.34. The zero-order valence-corrected chi connectivity index (χ0v) is 26.7. The van der Waals surface area contributed by atoms with Crippen LogP contribution < -0.4 is 0 Å². The van der Waals surface area contributed by atoms with Crippen molar-refractivity contribution >= 4 is 26.2 Å². The van der Waals surface area contributed by atoms with Crippen LogP contribution >= 0.6 is 0 Å². The van der Waals surface area contributed by atoms with Crippen molar-refractivity contribution in [2.24, 2.45) is 17.3 Å². The number of ether oxygens (including phenoxy) is 3. The molecule has 220 valence electrons. The van der Waals surface area contributed by atoms with E-state index >= 15 is 0 Å². The van der Waals surface area contributed by atoms with Gasteiger partial charge in [0.05, 0.1) is 21.3 Å². The van der Waals surface area contributed by atoms with Crippen molar-refractivity contribution in [1.29, 1.82) is 0 Å². The van der Waals surface area contributed by atoms with Crippen LogP contribution in [0.2, 0.25) is 18.1 Å². The molecular formula is C30H48O8Si. The molecule has 0 radical (unpaired) electrons. The summed E-state index contributed by atoms with van der Waals surface area (Å²) < 4.78 is 28.8. The highest BCUT2D eigenvalue weighted by Gasteiger charge is 2.50. The summed E-state index contributed by atoms with van der Waals surface area (Å²) in [6.07, 6.45) is 3.69.